The lowest BCUT2D eigenvalue weighted by atomic mass is 10.1. The molecule has 16 heavy (non-hydrogen) atoms. The molecular weight excluding hydrogens is 226 g/mol. The molecule has 94 valence electrons. The summed E-state index contributed by atoms with van der Waals surface area (Å²) in [6.45, 7) is 2.55. The Kier molecular flexibility index (Phi) is 3.56. The summed E-state index contributed by atoms with van der Waals surface area (Å²) < 4.78 is 25.5. The summed E-state index contributed by atoms with van der Waals surface area (Å²) in [5.41, 5.74) is 0. The van der Waals surface area contributed by atoms with Crippen molar-refractivity contribution in [3.63, 3.8) is 0 Å². The Bertz CT molecular complexity index is 341. The molecule has 2 fully saturated rings. The van der Waals surface area contributed by atoms with Crippen molar-refractivity contribution in [1.29, 1.82) is 0 Å². The van der Waals surface area contributed by atoms with Gasteiger partial charge in [0, 0.05) is 6.54 Å². The van der Waals surface area contributed by atoms with Crippen molar-refractivity contribution >= 4 is 10.0 Å². The van der Waals surface area contributed by atoms with Gasteiger partial charge in [-0.05, 0) is 18.8 Å². The third-order valence-corrected chi connectivity index (χ3v) is 5.78. The summed E-state index contributed by atoms with van der Waals surface area (Å²) in [7, 11) is -3.11. The Labute approximate surface area is 97.7 Å². The zero-order valence-electron chi connectivity index (χ0n) is 9.80. The first-order valence-electron chi connectivity index (χ1n) is 6.18. The van der Waals surface area contributed by atoms with Gasteiger partial charge in [0.05, 0.1) is 17.9 Å². The van der Waals surface area contributed by atoms with E-state index in [9.17, 15) is 13.5 Å². The molecule has 1 saturated carbocycles. The molecule has 0 radical (unpaired) electrons. The Hall–Kier alpha value is -0.130. The fourth-order valence-electron chi connectivity index (χ4n) is 2.87. The largest absolute Gasteiger partial charge is 0.391 e. The van der Waals surface area contributed by atoms with Crippen molar-refractivity contribution in [2.75, 3.05) is 12.3 Å². The summed E-state index contributed by atoms with van der Waals surface area (Å²) in [5, 5.41) is 10.0. The van der Waals surface area contributed by atoms with Gasteiger partial charge in [0.25, 0.3) is 0 Å². The van der Waals surface area contributed by atoms with Crippen LogP contribution in [0.3, 0.4) is 0 Å². The van der Waals surface area contributed by atoms with Gasteiger partial charge in [-0.1, -0.05) is 26.2 Å². The van der Waals surface area contributed by atoms with Crippen LogP contribution in [0.4, 0.5) is 0 Å². The predicted octanol–water partition coefficient (Wildman–Crippen LogP) is 0.962. The fourth-order valence-corrected chi connectivity index (χ4v) is 5.03. The first-order valence-corrected chi connectivity index (χ1v) is 7.79. The summed E-state index contributed by atoms with van der Waals surface area (Å²) >= 11 is 0. The molecule has 3 atom stereocenters. The van der Waals surface area contributed by atoms with Crippen LogP contribution in [0.25, 0.3) is 0 Å². The maximum Gasteiger partial charge on any atom is 0.214 e. The lowest BCUT2D eigenvalue weighted by Crippen LogP contribution is -2.44. The maximum atomic E-state index is 11.9. The first-order chi connectivity index (χ1) is 7.50. The van der Waals surface area contributed by atoms with E-state index in [4.69, 9.17) is 0 Å². The molecule has 1 heterocycles. The summed E-state index contributed by atoms with van der Waals surface area (Å²) in [6.07, 6.45) is 4.24. The number of aliphatic hydroxyl groups is 1. The zero-order chi connectivity index (χ0) is 11.8. The molecule has 4 nitrogen and oxygen atoms in total. The van der Waals surface area contributed by atoms with Gasteiger partial charge in [-0.3, -0.25) is 0 Å². The quantitative estimate of drug-likeness (QED) is 0.702. The molecule has 0 amide bonds. The molecule has 1 saturated heterocycles. The van der Waals surface area contributed by atoms with E-state index in [2.05, 4.69) is 0 Å². The third kappa shape index (κ3) is 2.41. The molecule has 0 spiro atoms. The molecule has 3 unspecified atom stereocenters. The van der Waals surface area contributed by atoms with Crippen LogP contribution >= 0.6 is 0 Å². The van der Waals surface area contributed by atoms with Gasteiger partial charge >= 0.3 is 0 Å². The zero-order valence-corrected chi connectivity index (χ0v) is 10.6. The van der Waals surface area contributed by atoms with Crippen LogP contribution in [-0.2, 0) is 10.0 Å². The van der Waals surface area contributed by atoms with Crippen LogP contribution in [-0.4, -0.2) is 42.3 Å². The highest BCUT2D eigenvalue weighted by Crippen LogP contribution is 2.29. The molecule has 1 N–H and O–H groups in total. The van der Waals surface area contributed by atoms with Crippen molar-refractivity contribution in [1.82, 2.24) is 4.31 Å². The van der Waals surface area contributed by atoms with E-state index in [1.54, 1.807) is 4.31 Å². The number of hydrogen-bond acceptors (Lipinski definition) is 3. The molecule has 2 aliphatic rings. The van der Waals surface area contributed by atoms with Crippen molar-refractivity contribution in [2.24, 2.45) is 5.92 Å². The van der Waals surface area contributed by atoms with E-state index < -0.39 is 16.1 Å². The second-order valence-corrected chi connectivity index (χ2v) is 7.19. The predicted molar refractivity (Wildman–Crippen MR) is 62.5 cm³/mol. The molecule has 0 bridgehead atoms. The second-order valence-electron chi connectivity index (χ2n) is 5.23. The minimum atomic E-state index is -3.11. The summed E-state index contributed by atoms with van der Waals surface area (Å²) in [6, 6.07) is -0.169. The van der Waals surface area contributed by atoms with Crippen LogP contribution in [0.15, 0.2) is 0 Å². The number of hydrogen-bond donors (Lipinski definition) is 1. The molecule has 1 aliphatic carbocycles. The van der Waals surface area contributed by atoms with Crippen molar-refractivity contribution in [3.8, 4) is 0 Å². The van der Waals surface area contributed by atoms with E-state index in [1.165, 1.54) is 0 Å². The normalized spacial score (nSPS) is 40.8. The van der Waals surface area contributed by atoms with Gasteiger partial charge in [0.15, 0.2) is 0 Å². The summed E-state index contributed by atoms with van der Waals surface area (Å²) in [5.74, 6) is 0.441. The molecule has 0 aromatic carbocycles. The topological polar surface area (TPSA) is 57.6 Å². The molecule has 0 aromatic rings. The van der Waals surface area contributed by atoms with Gasteiger partial charge in [0.1, 0.15) is 0 Å². The highest BCUT2D eigenvalue weighted by atomic mass is 32.2. The van der Waals surface area contributed by atoms with E-state index in [1.807, 2.05) is 6.92 Å². The molecule has 5 heteroatoms. The Balaban J connectivity index is 2.16. The van der Waals surface area contributed by atoms with E-state index in [0.717, 1.165) is 32.1 Å². The van der Waals surface area contributed by atoms with Crippen molar-refractivity contribution < 1.29 is 13.5 Å². The Morgan fingerprint density at radius 1 is 1.19 bits per heavy atom. The number of rotatable bonds is 1. The van der Waals surface area contributed by atoms with Crippen LogP contribution in [0.1, 0.15) is 39.0 Å². The van der Waals surface area contributed by atoms with Gasteiger partial charge in [-0.15, -0.1) is 0 Å². The van der Waals surface area contributed by atoms with Crippen LogP contribution < -0.4 is 0 Å². The van der Waals surface area contributed by atoms with Crippen LogP contribution in [0, 0.1) is 5.92 Å². The summed E-state index contributed by atoms with van der Waals surface area (Å²) in [4.78, 5) is 0. The molecule has 0 aromatic heterocycles. The van der Waals surface area contributed by atoms with Gasteiger partial charge in [0.2, 0.25) is 10.0 Å². The van der Waals surface area contributed by atoms with Crippen LogP contribution in [0.2, 0.25) is 0 Å². The van der Waals surface area contributed by atoms with Crippen molar-refractivity contribution in [3.05, 3.63) is 0 Å². The van der Waals surface area contributed by atoms with E-state index in [0.29, 0.717) is 6.54 Å². The Morgan fingerprint density at radius 2 is 1.88 bits per heavy atom. The standard InChI is InChI=1S/C11H21NO3S/c1-9-7-12(16(14,15)8-9)10-5-3-2-4-6-11(10)13/h9-11,13H,2-8H2,1H3. The monoisotopic (exact) mass is 247 g/mol. The van der Waals surface area contributed by atoms with Gasteiger partial charge in [-0.25, -0.2) is 8.42 Å². The van der Waals surface area contributed by atoms with Gasteiger partial charge in [-0.2, -0.15) is 4.31 Å². The fraction of sp³-hybridized carbons (Fsp3) is 1.00. The van der Waals surface area contributed by atoms with Crippen molar-refractivity contribution in [2.45, 2.75) is 51.2 Å². The molecule has 2 rings (SSSR count). The first kappa shape index (κ1) is 12.3. The lowest BCUT2D eigenvalue weighted by Gasteiger charge is -2.29. The number of aliphatic hydroxyl groups excluding tert-OH is 1. The Morgan fingerprint density at radius 3 is 2.50 bits per heavy atom. The minimum absolute atomic E-state index is 0.169. The molecule has 1 aliphatic heterocycles. The maximum absolute atomic E-state index is 11.9. The highest BCUT2D eigenvalue weighted by Gasteiger charge is 2.41. The smallest absolute Gasteiger partial charge is 0.214 e. The second kappa shape index (κ2) is 4.63. The average molecular weight is 247 g/mol. The number of sulfonamides is 1. The number of nitrogens with zero attached hydrogens (tertiary/aromatic N) is 1. The minimum Gasteiger partial charge on any atom is -0.391 e. The van der Waals surface area contributed by atoms with Crippen LogP contribution in [0.5, 0.6) is 0 Å². The van der Waals surface area contributed by atoms with Gasteiger partial charge < -0.3 is 5.11 Å². The van der Waals surface area contributed by atoms with E-state index in [-0.39, 0.29) is 17.7 Å². The third-order valence-electron chi connectivity index (χ3n) is 3.66. The SMILES string of the molecule is CC1CN(C2CCCCCC2O)S(=O)(=O)C1. The average Bonchev–Trinajstić information content (AvgIpc) is 2.37. The lowest BCUT2D eigenvalue weighted by molar-refractivity contribution is 0.0843. The van der Waals surface area contributed by atoms with E-state index >= 15 is 0 Å². The molecular formula is C11H21NO3S. The highest BCUT2D eigenvalue weighted by molar-refractivity contribution is 7.89.